The molecule has 2 aliphatic rings. The van der Waals surface area contributed by atoms with Crippen LogP contribution in [0.1, 0.15) is 12.5 Å². The van der Waals surface area contributed by atoms with Crippen LogP contribution in [0, 0.1) is 0 Å². The number of carbonyl (C=O) groups excluding carboxylic acids is 2. The zero-order chi connectivity index (χ0) is 32.0. The molecule has 46 heavy (non-hydrogen) atoms. The third-order valence-corrected chi connectivity index (χ3v) is 6.88. The van der Waals surface area contributed by atoms with Crippen molar-refractivity contribution >= 4 is 34.3 Å². The molecule has 0 radical (unpaired) electrons. The average molecular weight is 668 g/mol. The molecule has 2 unspecified atom stereocenters. The fraction of sp³-hybridized carbons (Fsp3) is 0.455. The fourth-order valence-electron chi connectivity index (χ4n) is 4.67. The van der Waals surface area contributed by atoms with E-state index in [-0.39, 0.29) is 93.2 Å². The van der Waals surface area contributed by atoms with Gasteiger partial charge in [-0.25, -0.2) is 19.9 Å². The van der Waals surface area contributed by atoms with Crippen molar-refractivity contribution in [1.82, 2.24) is 39.0 Å². The summed E-state index contributed by atoms with van der Waals surface area (Å²) in [6.45, 7) is 0. The number of hydrogen-bond acceptors (Lipinski definition) is 20. The zero-order valence-electron chi connectivity index (χ0n) is 23.7. The molecule has 4 aromatic heterocycles. The summed E-state index contributed by atoms with van der Waals surface area (Å²) in [4.78, 5) is 43.9. The molecule has 2 saturated heterocycles. The monoisotopic (exact) mass is 668 g/mol. The Morgan fingerprint density at radius 3 is 1.33 bits per heavy atom. The number of aliphatic carboxylic acids is 2. The van der Waals surface area contributed by atoms with E-state index in [1.54, 1.807) is 0 Å². The average Bonchev–Trinajstić information content (AvgIpc) is 3.75. The maximum absolute atomic E-state index is 10.7. The molecule has 0 aromatic carbocycles. The number of carbonyl (C=O) groups is 2. The molecule has 2 aliphatic heterocycles. The van der Waals surface area contributed by atoms with Gasteiger partial charge in [-0.3, -0.25) is 9.13 Å². The van der Waals surface area contributed by atoms with Gasteiger partial charge in [0.05, 0.1) is 24.6 Å². The van der Waals surface area contributed by atoms with E-state index < -0.39 is 73.2 Å². The van der Waals surface area contributed by atoms with E-state index >= 15 is 0 Å². The van der Waals surface area contributed by atoms with Gasteiger partial charge in [-0.1, -0.05) is 0 Å². The Kier molecular flexibility index (Phi) is 12.3. The number of fused-ring (bicyclic) bond motifs is 2. The van der Waals surface area contributed by atoms with Gasteiger partial charge in [-0.15, -0.1) is 0 Å². The Hall–Kier alpha value is -2.68. The van der Waals surface area contributed by atoms with Gasteiger partial charge in [0, 0.05) is 0 Å². The molecular formula is C22H22N8Na2O14. The third-order valence-electron chi connectivity index (χ3n) is 6.88. The van der Waals surface area contributed by atoms with Crippen molar-refractivity contribution in [2.45, 2.75) is 61.3 Å². The van der Waals surface area contributed by atoms with E-state index in [2.05, 4.69) is 29.9 Å². The van der Waals surface area contributed by atoms with Gasteiger partial charge in [0.15, 0.2) is 34.8 Å². The fourth-order valence-corrected chi connectivity index (χ4v) is 4.67. The number of rotatable bonds is 6. The first-order valence-electron chi connectivity index (χ1n) is 12.4. The van der Waals surface area contributed by atoms with Gasteiger partial charge >= 0.3 is 59.1 Å². The van der Waals surface area contributed by atoms with E-state index in [1.807, 2.05) is 0 Å². The van der Waals surface area contributed by atoms with Crippen LogP contribution in [0.5, 0.6) is 11.8 Å². The summed E-state index contributed by atoms with van der Waals surface area (Å²) >= 11 is 0. The number of carboxylic acids is 2. The summed E-state index contributed by atoms with van der Waals surface area (Å²) in [6.07, 6.45) is -11.9. The quantitative estimate of drug-likeness (QED) is 0.0884. The van der Waals surface area contributed by atoms with E-state index in [0.717, 1.165) is 12.7 Å². The molecule has 8 N–H and O–H groups in total. The maximum atomic E-state index is 10.7. The van der Waals surface area contributed by atoms with Crippen LogP contribution >= 0.6 is 0 Å². The number of aliphatic hydroxyl groups is 6. The Morgan fingerprint density at radius 2 is 1.00 bits per heavy atom. The number of aromatic hydroxyl groups is 2. The number of carboxylic acid groups (broad SMARTS) is 2. The first kappa shape index (κ1) is 37.8. The van der Waals surface area contributed by atoms with E-state index in [0.29, 0.717) is 0 Å². The maximum Gasteiger partial charge on any atom is 1.00 e. The summed E-state index contributed by atoms with van der Waals surface area (Å²) in [5.41, 5.74) is 0.285. The Morgan fingerprint density at radius 1 is 0.652 bits per heavy atom. The van der Waals surface area contributed by atoms with Crippen LogP contribution in [0.2, 0.25) is 0 Å². The molecule has 0 spiro atoms. The molecule has 10 atom stereocenters. The minimum Gasteiger partial charge on any atom is -0.547 e. The van der Waals surface area contributed by atoms with Gasteiger partial charge in [-0.05, 0) is 0 Å². The third kappa shape index (κ3) is 6.81. The van der Waals surface area contributed by atoms with Gasteiger partial charge in [0.2, 0.25) is 11.8 Å². The molecule has 2 fully saturated rings. The standard InChI is InChI=1S/2C11H12N4O7.2Na/c2*16-4-5(17)10(22-7(4)6(18)11(20)21)15-2-14-3-8(15)12-1-13-9(3)19;;/h2*1-2,4-7,10,16-18H,(H,20,21)(H,12,13,19);;/q;;2*+1/p-2/t2*4-,5+,6?,7-,10+;;/m00../s1. The van der Waals surface area contributed by atoms with Crippen molar-refractivity contribution in [1.29, 1.82) is 0 Å². The van der Waals surface area contributed by atoms with Gasteiger partial charge in [0.25, 0.3) is 0 Å². The number of ether oxygens (including phenoxy) is 2. The predicted molar refractivity (Wildman–Crippen MR) is 128 cm³/mol. The zero-order valence-corrected chi connectivity index (χ0v) is 27.7. The molecule has 6 heterocycles. The van der Waals surface area contributed by atoms with E-state index in [4.69, 9.17) is 9.47 Å². The Balaban J connectivity index is 0.000000240. The summed E-state index contributed by atoms with van der Waals surface area (Å²) in [5, 5.41) is 99.0. The summed E-state index contributed by atoms with van der Waals surface area (Å²) in [7, 11) is 0. The summed E-state index contributed by atoms with van der Waals surface area (Å²) < 4.78 is 12.8. The molecular weight excluding hydrogens is 646 g/mol. The first-order valence-corrected chi connectivity index (χ1v) is 12.4. The van der Waals surface area contributed by atoms with Crippen LogP contribution in [0.3, 0.4) is 0 Å². The van der Waals surface area contributed by atoms with Crippen LogP contribution in [0.4, 0.5) is 0 Å². The first-order chi connectivity index (χ1) is 20.8. The van der Waals surface area contributed by atoms with Crippen molar-refractivity contribution in [2.75, 3.05) is 0 Å². The van der Waals surface area contributed by atoms with Crippen LogP contribution < -0.4 is 69.3 Å². The van der Waals surface area contributed by atoms with Gasteiger partial charge in [0.1, 0.15) is 61.5 Å². The molecule has 236 valence electrons. The van der Waals surface area contributed by atoms with Crippen LogP contribution in [0.15, 0.2) is 25.3 Å². The van der Waals surface area contributed by atoms with Crippen molar-refractivity contribution in [2.24, 2.45) is 0 Å². The van der Waals surface area contributed by atoms with Crippen molar-refractivity contribution in [3.63, 3.8) is 0 Å². The number of imidazole rings is 2. The SMILES string of the molecule is O=C([O-])C(O)[C@H]1O[C@@H](n2cnc3c(O)ncnc32)[C@H](O)[C@@H]1O.O=C([O-])C(O)[C@H]1O[C@@H](n2cnc3c(O)ncnc32)[C@H](O)[C@@H]1O.[Na+].[Na+]. The van der Waals surface area contributed by atoms with E-state index in [9.17, 15) is 60.7 Å². The predicted octanol–water partition coefficient (Wildman–Crippen LogP) is -13.5. The smallest absolute Gasteiger partial charge is 0.547 e. The molecule has 4 aromatic rings. The number of aliphatic hydroxyl groups excluding tert-OH is 6. The molecule has 24 heteroatoms. The minimum absolute atomic E-state index is 0. The Labute approximate surface area is 299 Å². The van der Waals surface area contributed by atoms with E-state index in [1.165, 1.54) is 21.8 Å². The molecule has 0 aliphatic carbocycles. The second kappa shape index (κ2) is 15.0. The second-order valence-electron chi connectivity index (χ2n) is 9.52. The molecule has 6 rings (SSSR count). The number of nitrogens with zero attached hydrogens (tertiary/aromatic N) is 8. The van der Waals surface area contributed by atoms with Crippen molar-refractivity contribution in [3.05, 3.63) is 25.3 Å². The summed E-state index contributed by atoms with van der Waals surface area (Å²) in [6, 6.07) is 0. The van der Waals surface area contributed by atoms with Crippen molar-refractivity contribution in [3.8, 4) is 11.8 Å². The summed E-state index contributed by atoms with van der Waals surface area (Å²) in [5.74, 6) is -4.45. The van der Waals surface area contributed by atoms with Gasteiger partial charge in [-0.2, -0.15) is 9.97 Å². The van der Waals surface area contributed by atoms with Crippen LogP contribution in [0.25, 0.3) is 22.3 Å². The topological polar surface area (TPSA) is 348 Å². The van der Waals surface area contributed by atoms with Crippen LogP contribution in [-0.4, -0.2) is 141 Å². The molecule has 0 amide bonds. The molecule has 0 bridgehead atoms. The van der Waals surface area contributed by atoms with Crippen molar-refractivity contribution < 1.29 is 129 Å². The number of aromatic nitrogens is 8. The molecule has 0 saturated carbocycles. The Bertz CT molecular complexity index is 1570. The largest absolute Gasteiger partial charge is 1.00 e. The molecule has 22 nitrogen and oxygen atoms in total. The second-order valence-corrected chi connectivity index (χ2v) is 9.52. The number of hydrogen-bond donors (Lipinski definition) is 8. The normalized spacial score (nSPS) is 28.5. The minimum atomic E-state index is -2.12. The van der Waals surface area contributed by atoms with Crippen LogP contribution in [-0.2, 0) is 19.1 Å². The van der Waals surface area contributed by atoms with Gasteiger partial charge < -0.3 is 70.1 Å².